The zero-order chi connectivity index (χ0) is 21.9. The average molecular weight is 445 g/mol. The highest BCUT2D eigenvalue weighted by Gasteiger charge is 2.20. The summed E-state index contributed by atoms with van der Waals surface area (Å²) in [6, 6.07) is 13.4. The van der Waals surface area contributed by atoms with Crippen LogP contribution in [0, 0.1) is 11.8 Å². The molecule has 8 heteroatoms. The fourth-order valence-electron chi connectivity index (χ4n) is 3.71. The van der Waals surface area contributed by atoms with Crippen LogP contribution in [0.5, 0.6) is 5.75 Å². The van der Waals surface area contributed by atoms with Crippen LogP contribution in [0.15, 0.2) is 48.7 Å². The molecule has 1 aliphatic rings. The Bertz CT molecular complexity index is 1320. The van der Waals surface area contributed by atoms with E-state index in [1.165, 1.54) is 0 Å². The van der Waals surface area contributed by atoms with Crippen molar-refractivity contribution in [3.8, 4) is 17.6 Å². The third-order valence-electron chi connectivity index (χ3n) is 5.34. The second-order valence-electron chi connectivity index (χ2n) is 7.57. The maximum Gasteiger partial charge on any atom is 0.227 e. The van der Waals surface area contributed by atoms with Crippen LogP contribution in [0.3, 0.4) is 0 Å². The van der Waals surface area contributed by atoms with Crippen molar-refractivity contribution >= 4 is 28.6 Å². The van der Waals surface area contributed by atoms with E-state index in [1.807, 2.05) is 35.0 Å². The number of benzene rings is 2. The summed E-state index contributed by atoms with van der Waals surface area (Å²) in [5.74, 6) is 8.24. The Morgan fingerprint density at radius 3 is 2.59 bits per heavy atom. The number of methoxy groups -OCH3 is 1. The van der Waals surface area contributed by atoms with E-state index in [0.717, 1.165) is 48.7 Å². The first kappa shape index (κ1) is 20.3. The molecule has 0 radical (unpaired) electrons. The third kappa shape index (κ3) is 4.36. The van der Waals surface area contributed by atoms with E-state index < -0.39 is 0 Å². The molecule has 5 rings (SSSR count). The number of halogens is 1. The van der Waals surface area contributed by atoms with Crippen LogP contribution in [-0.4, -0.2) is 44.9 Å². The van der Waals surface area contributed by atoms with Gasteiger partial charge in [0.2, 0.25) is 11.8 Å². The van der Waals surface area contributed by atoms with Gasteiger partial charge in [-0.3, -0.25) is 4.98 Å². The SMILES string of the molecule is COc1ccc(Cn2nc(C#Cc3cnc4ccc(Cl)cc4n3)nc2N2CCCC2)cc1. The normalized spacial score (nSPS) is 13.2. The van der Waals surface area contributed by atoms with E-state index in [9.17, 15) is 0 Å². The molecule has 32 heavy (non-hydrogen) atoms. The highest BCUT2D eigenvalue weighted by molar-refractivity contribution is 6.31. The van der Waals surface area contributed by atoms with Gasteiger partial charge in [-0.25, -0.2) is 9.67 Å². The van der Waals surface area contributed by atoms with Crippen molar-refractivity contribution in [2.75, 3.05) is 25.1 Å². The van der Waals surface area contributed by atoms with Crippen molar-refractivity contribution in [1.29, 1.82) is 0 Å². The fraction of sp³-hybridized carbons (Fsp3) is 0.250. The van der Waals surface area contributed by atoms with Crippen LogP contribution in [0.1, 0.15) is 29.9 Å². The second kappa shape index (κ2) is 8.85. The molecule has 0 spiro atoms. The van der Waals surface area contributed by atoms with Crippen LogP contribution < -0.4 is 9.64 Å². The molecule has 0 N–H and O–H groups in total. The van der Waals surface area contributed by atoms with Gasteiger partial charge >= 0.3 is 0 Å². The van der Waals surface area contributed by atoms with Crippen LogP contribution in [0.25, 0.3) is 11.0 Å². The van der Waals surface area contributed by atoms with Crippen molar-refractivity contribution in [3.05, 3.63) is 70.8 Å². The van der Waals surface area contributed by atoms with Gasteiger partial charge in [0.05, 0.1) is 30.9 Å². The molecule has 4 aromatic rings. The lowest BCUT2D eigenvalue weighted by atomic mass is 10.2. The lowest BCUT2D eigenvalue weighted by Gasteiger charge is -2.16. The number of anilines is 1. The Labute approximate surface area is 191 Å². The summed E-state index contributed by atoms with van der Waals surface area (Å²) in [4.78, 5) is 15.9. The summed E-state index contributed by atoms with van der Waals surface area (Å²) >= 11 is 6.07. The zero-order valence-electron chi connectivity index (χ0n) is 17.6. The van der Waals surface area contributed by atoms with Crippen LogP contribution >= 0.6 is 11.6 Å². The molecule has 0 aliphatic carbocycles. The smallest absolute Gasteiger partial charge is 0.227 e. The predicted octanol–water partition coefficient (Wildman–Crippen LogP) is 3.93. The third-order valence-corrected chi connectivity index (χ3v) is 5.57. The predicted molar refractivity (Wildman–Crippen MR) is 124 cm³/mol. The van der Waals surface area contributed by atoms with E-state index in [4.69, 9.17) is 21.3 Å². The first-order valence-electron chi connectivity index (χ1n) is 10.4. The molecule has 160 valence electrons. The number of hydrogen-bond acceptors (Lipinski definition) is 6. The largest absolute Gasteiger partial charge is 0.497 e. The average Bonchev–Trinajstić information content (AvgIpc) is 3.48. The Morgan fingerprint density at radius 2 is 1.81 bits per heavy atom. The molecule has 0 atom stereocenters. The van der Waals surface area contributed by atoms with Crippen LogP contribution in [0.2, 0.25) is 5.02 Å². The number of fused-ring (bicyclic) bond motifs is 1. The Kier molecular flexibility index (Phi) is 5.61. The zero-order valence-corrected chi connectivity index (χ0v) is 18.4. The van der Waals surface area contributed by atoms with Crippen molar-refractivity contribution in [2.24, 2.45) is 0 Å². The number of ether oxygens (including phenoxy) is 1. The molecule has 0 saturated carbocycles. The van der Waals surface area contributed by atoms with E-state index in [-0.39, 0.29) is 0 Å². The van der Waals surface area contributed by atoms with Crippen LogP contribution in [-0.2, 0) is 6.54 Å². The van der Waals surface area contributed by atoms with Gasteiger partial charge in [0.15, 0.2) is 0 Å². The van der Waals surface area contributed by atoms with E-state index >= 15 is 0 Å². The summed E-state index contributed by atoms with van der Waals surface area (Å²) in [5, 5.41) is 5.29. The molecule has 0 unspecified atom stereocenters. The highest BCUT2D eigenvalue weighted by atomic mass is 35.5. The standard InChI is InChI=1S/C24H21ClN6O/c1-32-20-8-4-17(5-9-20)16-31-24(30-12-2-3-13-30)28-23(29-31)11-7-19-15-26-21-10-6-18(25)14-22(21)27-19/h4-6,8-10,14-15H,2-3,12-13,16H2,1H3. The number of hydrogen-bond donors (Lipinski definition) is 0. The lowest BCUT2D eigenvalue weighted by Crippen LogP contribution is -2.22. The lowest BCUT2D eigenvalue weighted by molar-refractivity contribution is 0.414. The van der Waals surface area contributed by atoms with Gasteiger partial charge in [-0.15, -0.1) is 5.10 Å². The van der Waals surface area contributed by atoms with Gasteiger partial charge in [0.25, 0.3) is 0 Å². The van der Waals surface area contributed by atoms with Crippen LogP contribution in [0.4, 0.5) is 5.95 Å². The summed E-state index contributed by atoms with van der Waals surface area (Å²) in [6.07, 6.45) is 3.97. The molecule has 1 aliphatic heterocycles. The Morgan fingerprint density at radius 1 is 1.00 bits per heavy atom. The van der Waals surface area contributed by atoms with Gasteiger partial charge in [0, 0.05) is 18.1 Å². The molecule has 0 bridgehead atoms. The number of nitrogens with zero attached hydrogens (tertiary/aromatic N) is 6. The summed E-state index contributed by atoms with van der Waals surface area (Å²) in [6.45, 7) is 2.56. The minimum absolute atomic E-state index is 0.466. The number of aromatic nitrogens is 5. The van der Waals surface area contributed by atoms with Gasteiger partial charge in [-0.2, -0.15) is 4.98 Å². The van der Waals surface area contributed by atoms with Gasteiger partial charge in [0.1, 0.15) is 11.4 Å². The first-order chi connectivity index (χ1) is 15.7. The first-order valence-corrected chi connectivity index (χ1v) is 10.8. The Hall–Kier alpha value is -3.63. The number of rotatable bonds is 4. The monoisotopic (exact) mass is 444 g/mol. The highest BCUT2D eigenvalue weighted by Crippen LogP contribution is 2.20. The Balaban J connectivity index is 1.45. The van der Waals surface area contributed by atoms with Crippen molar-refractivity contribution in [1.82, 2.24) is 24.7 Å². The van der Waals surface area contributed by atoms with Crippen molar-refractivity contribution in [2.45, 2.75) is 19.4 Å². The van der Waals surface area contributed by atoms with E-state index in [1.54, 1.807) is 25.4 Å². The van der Waals surface area contributed by atoms with E-state index in [0.29, 0.717) is 28.6 Å². The van der Waals surface area contributed by atoms with Crippen molar-refractivity contribution < 1.29 is 4.74 Å². The summed E-state index contributed by atoms with van der Waals surface area (Å²) < 4.78 is 7.18. The van der Waals surface area contributed by atoms with Gasteiger partial charge in [-0.1, -0.05) is 23.7 Å². The maximum atomic E-state index is 6.07. The molecule has 1 saturated heterocycles. The molecule has 1 fully saturated rings. The molecule has 3 heterocycles. The molecule has 0 amide bonds. The van der Waals surface area contributed by atoms with Gasteiger partial charge in [-0.05, 0) is 60.6 Å². The fourth-order valence-corrected chi connectivity index (χ4v) is 3.88. The summed E-state index contributed by atoms with van der Waals surface area (Å²) in [5.41, 5.74) is 3.15. The van der Waals surface area contributed by atoms with Crippen molar-refractivity contribution in [3.63, 3.8) is 0 Å². The minimum Gasteiger partial charge on any atom is -0.497 e. The minimum atomic E-state index is 0.466. The molecular weight excluding hydrogens is 424 g/mol. The molecule has 2 aromatic carbocycles. The quantitative estimate of drug-likeness (QED) is 0.444. The molecule has 7 nitrogen and oxygen atoms in total. The maximum absolute atomic E-state index is 6.07. The molecular formula is C24H21ClN6O. The summed E-state index contributed by atoms with van der Waals surface area (Å²) in [7, 11) is 1.66. The topological polar surface area (TPSA) is 69.0 Å². The van der Waals surface area contributed by atoms with Gasteiger partial charge < -0.3 is 9.64 Å². The molecule has 2 aromatic heterocycles. The van der Waals surface area contributed by atoms with E-state index in [2.05, 4.69) is 31.8 Å². The second-order valence-corrected chi connectivity index (χ2v) is 8.01.